The van der Waals surface area contributed by atoms with Crippen LogP contribution in [-0.2, 0) is 33.6 Å². The summed E-state index contributed by atoms with van der Waals surface area (Å²) in [6.07, 6.45) is -1.39. The summed E-state index contributed by atoms with van der Waals surface area (Å²) in [4.78, 5) is 81.1. The lowest BCUT2D eigenvalue weighted by molar-refractivity contribution is -0.140. The lowest BCUT2D eigenvalue weighted by Crippen LogP contribution is -2.52. The summed E-state index contributed by atoms with van der Waals surface area (Å²) in [5.74, 6) is -6.88. The molecule has 0 bridgehead atoms. The van der Waals surface area contributed by atoms with E-state index in [1.165, 1.54) is 0 Å². The van der Waals surface area contributed by atoms with Gasteiger partial charge in [-0.25, -0.2) is 0 Å². The number of carboxylic acid groups (broad SMARTS) is 3. The highest BCUT2D eigenvalue weighted by atomic mass is 16.4. The number of aliphatic carboxylic acids is 3. The number of amides is 4. The van der Waals surface area contributed by atoms with Crippen molar-refractivity contribution >= 4 is 41.5 Å². The molecular formula is C20H32N4O10. The van der Waals surface area contributed by atoms with Crippen LogP contribution in [0, 0.1) is 5.41 Å². The van der Waals surface area contributed by atoms with Gasteiger partial charge in [-0.3, -0.25) is 33.6 Å². The summed E-state index contributed by atoms with van der Waals surface area (Å²) in [5.41, 5.74) is -0.385. The number of rotatable bonds is 15. The maximum absolute atomic E-state index is 12.5. The van der Waals surface area contributed by atoms with Gasteiger partial charge in [0.2, 0.25) is 23.6 Å². The highest BCUT2D eigenvalue weighted by Crippen LogP contribution is 2.18. The molecule has 0 aliphatic heterocycles. The van der Waals surface area contributed by atoms with Crippen LogP contribution in [0.15, 0.2) is 0 Å². The molecule has 0 radical (unpaired) electrons. The molecule has 0 fully saturated rings. The molecule has 4 amide bonds. The number of carboxylic acids is 3. The average Bonchev–Trinajstić information content (AvgIpc) is 2.68. The van der Waals surface area contributed by atoms with Gasteiger partial charge in [0.05, 0.1) is 6.54 Å². The van der Waals surface area contributed by atoms with E-state index in [2.05, 4.69) is 16.0 Å². The Labute approximate surface area is 195 Å². The van der Waals surface area contributed by atoms with E-state index in [1.54, 1.807) is 20.8 Å². The van der Waals surface area contributed by atoms with E-state index < -0.39 is 79.6 Å². The molecule has 0 heterocycles. The normalized spacial score (nSPS) is 12.6. The number of hydrogen-bond donors (Lipinski definition) is 7. The van der Waals surface area contributed by atoms with Gasteiger partial charge in [0.25, 0.3) is 0 Å². The van der Waals surface area contributed by atoms with E-state index >= 15 is 0 Å². The molecule has 2 atom stereocenters. The number of carbonyl (C=O) groups is 7. The van der Waals surface area contributed by atoms with Crippen LogP contribution in [0.4, 0.5) is 0 Å². The molecule has 0 aromatic heterocycles. The molecule has 0 aliphatic carbocycles. The lowest BCUT2D eigenvalue weighted by Gasteiger charge is -2.22. The molecule has 192 valence electrons. The zero-order valence-corrected chi connectivity index (χ0v) is 19.3. The van der Waals surface area contributed by atoms with Gasteiger partial charge in [-0.2, -0.15) is 0 Å². The minimum Gasteiger partial charge on any atom is -0.481 e. The second kappa shape index (κ2) is 14.4. The van der Waals surface area contributed by atoms with Crippen molar-refractivity contribution in [2.45, 2.75) is 65.0 Å². The smallest absolute Gasteiger partial charge is 0.322 e. The standard InChI is InChI=1S/C20H32N4O10/c1-20(2,3)8-13(25)23-11(4-6-15(27)28)18(33)21-9-14(26)24-12(5-7-16(29)30)19(34)22-10-17(31)32/h11-12H,4-10H2,1-3H3,(H,21,33)(H,22,34)(H,23,25)(H,24,26)(H,27,28)(H,29,30)(H,31,32). The Morgan fingerprint density at radius 2 is 1.06 bits per heavy atom. The Balaban J connectivity index is 5.05. The van der Waals surface area contributed by atoms with Crippen LogP contribution in [0.1, 0.15) is 52.9 Å². The SMILES string of the molecule is CC(C)(C)CC(=O)NC(CCC(=O)O)C(=O)NCC(=O)NC(CCC(=O)O)C(=O)NCC(=O)O. The zero-order valence-electron chi connectivity index (χ0n) is 19.3. The fourth-order valence-corrected chi connectivity index (χ4v) is 2.62. The van der Waals surface area contributed by atoms with Crippen molar-refractivity contribution in [3.63, 3.8) is 0 Å². The summed E-state index contributed by atoms with van der Waals surface area (Å²) in [5, 5.41) is 35.2. The van der Waals surface area contributed by atoms with Crippen LogP contribution in [0.3, 0.4) is 0 Å². The van der Waals surface area contributed by atoms with Crippen LogP contribution >= 0.6 is 0 Å². The third-order valence-electron chi connectivity index (χ3n) is 4.13. The Kier molecular flexibility index (Phi) is 12.9. The van der Waals surface area contributed by atoms with Crippen molar-refractivity contribution in [2.24, 2.45) is 5.41 Å². The van der Waals surface area contributed by atoms with Crippen molar-refractivity contribution in [1.29, 1.82) is 0 Å². The van der Waals surface area contributed by atoms with Gasteiger partial charge in [0.15, 0.2) is 0 Å². The van der Waals surface area contributed by atoms with E-state index in [0.29, 0.717) is 0 Å². The second-order valence-corrected chi connectivity index (χ2v) is 8.67. The minimum absolute atomic E-state index is 0.0705. The summed E-state index contributed by atoms with van der Waals surface area (Å²) < 4.78 is 0. The van der Waals surface area contributed by atoms with Crippen LogP contribution < -0.4 is 21.3 Å². The molecule has 0 aromatic rings. The highest BCUT2D eigenvalue weighted by Gasteiger charge is 2.26. The van der Waals surface area contributed by atoms with Gasteiger partial charge < -0.3 is 36.6 Å². The fraction of sp³-hybridized carbons (Fsp3) is 0.650. The highest BCUT2D eigenvalue weighted by molar-refractivity contribution is 5.93. The molecule has 14 nitrogen and oxygen atoms in total. The van der Waals surface area contributed by atoms with Crippen molar-refractivity contribution in [2.75, 3.05) is 13.1 Å². The van der Waals surface area contributed by atoms with Crippen LogP contribution in [-0.4, -0.2) is 82.0 Å². The minimum atomic E-state index is -1.37. The Bertz CT molecular complexity index is 791. The topological polar surface area (TPSA) is 228 Å². The summed E-state index contributed by atoms with van der Waals surface area (Å²) in [6, 6.07) is -2.59. The zero-order chi connectivity index (χ0) is 26.5. The molecule has 0 spiro atoms. The van der Waals surface area contributed by atoms with Gasteiger partial charge in [0.1, 0.15) is 18.6 Å². The third kappa shape index (κ3) is 15.2. The molecule has 0 saturated heterocycles. The first kappa shape index (κ1) is 30.3. The molecule has 2 unspecified atom stereocenters. The maximum atomic E-state index is 12.5. The molecular weight excluding hydrogens is 456 g/mol. The first-order chi connectivity index (χ1) is 15.6. The summed E-state index contributed by atoms with van der Waals surface area (Å²) in [7, 11) is 0. The van der Waals surface area contributed by atoms with E-state index in [-0.39, 0.29) is 24.7 Å². The molecule has 0 aromatic carbocycles. The van der Waals surface area contributed by atoms with E-state index in [9.17, 15) is 33.6 Å². The number of nitrogens with one attached hydrogen (secondary N) is 4. The quantitative estimate of drug-likeness (QED) is 0.140. The van der Waals surface area contributed by atoms with Crippen molar-refractivity contribution in [3.8, 4) is 0 Å². The van der Waals surface area contributed by atoms with Crippen molar-refractivity contribution in [3.05, 3.63) is 0 Å². The van der Waals surface area contributed by atoms with Gasteiger partial charge in [0, 0.05) is 19.3 Å². The largest absolute Gasteiger partial charge is 0.481 e. The molecule has 14 heteroatoms. The van der Waals surface area contributed by atoms with Gasteiger partial charge >= 0.3 is 17.9 Å². The molecule has 34 heavy (non-hydrogen) atoms. The molecule has 0 saturated carbocycles. The van der Waals surface area contributed by atoms with E-state index in [4.69, 9.17) is 15.3 Å². The lowest BCUT2D eigenvalue weighted by atomic mass is 9.91. The molecule has 0 aliphatic rings. The molecule has 0 rings (SSSR count). The number of carbonyl (C=O) groups excluding carboxylic acids is 4. The van der Waals surface area contributed by atoms with Gasteiger partial charge in [-0.05, 0) is 18.3 Å². The predicted molar refractivity (Wildman–Crippen MR) is 115 cm³/mol. The van der Waals surface area contributed by atoms with Crippen LogP contribution in [0.2, 0.25) is 0 Å². The summed E-state index contributed by atoms with van der Waals surface area (Å²) in [6.45, 7) is 4.01. The fourth-order valence-electron chi connectivity index (χ4n) is 2.62. The van der Waals surface area contributed by atoms with Crippen LogP contribution in [0.25, 0.3) is 0 Å². The predicted octanol–water partition coefficient (Wildman–Crippen LogP) is -1.56. The Hall–Kier alpha value is -3.71. The monoisotopic (exact) mass is 488 g/mol. The average molecular weight is 488 g/mol. The van der Waals surface area contributed by atoms with E-state index in [1.807, 2.05) is 5.32 Å². The third-order valence-corrected chi connectivity index (χ3v) is 4.13. The van der Waals surface area contributed by atoms with Crippen molar-refractivity contribution in [1.82, 2.24) is 21.3 Å². The van der Waals surface area contributed by atoms with Gasteiger partial charge in [-0.1, -0.05) is 20.8 Å². The number of hydrogen-bond acceptors (Lipinski definition) is 7. The Morgan fingerprint density at radius 1 is 0.647 bits per heavy atom. The van der Waals surface area contributed by atoms with Crippen molar-refractivity contribution < 1.29 is 48.9 Å². The first-order valence-electron chi connectivity index (χ1n) is 10.4. The summed E-state index contributed by atoms with van der Waals surface area (Å²) >= 11 is 0. The first-order valence-corrected chi connectivity index (χ1v) is 10.4. The Morgan fingerprint density at radius 3 is 1.44 bits per heavy atom. The molecule has 7 N–H and O–H groups in total. The maximum Gasteiger partial charge on any atom is 0.322 e. The van der Waals surface area contributed by atoms with E-state index in [0.717, 1.165) is 0 Å². The van der Waals surface area contributed by atoms with Gasteiger partial charge in [-0.15, -0.1) is 0 Å². The van der Waals surface area contributed by atoms with Crippen LogP contribution in [0.5, 0.6) is 0 Å². The second-order valence-electron chi connectivity index (χ2n) is 8.67.